The van der Waals surface area contributed by atoms with Crippen LogP contribution in [0, 0.1) is 11.8 Å². The molecule has 0 aromatic heterocycles. The summed E-state index contributed by atoms with van der Waals surface area (Å²) >= 11 is 0. The predicted octanol–water partition coefficient (Wildman–Crippen LogP) is 0.537. The molecular formula is C11H21N3. The smallest absolute Gasteiger partial charge is 0.0259 e. The lowest BCUT2D eigenvalue weighted by molar-refractivity contribution is 0.0835. The van der Waals surface area contributed by atoms with Crippen molar-refractivity contribution in [3.63, 3.8) is 0 Å². The fraction of sp³-hybridized carbons (Fsp3) is 1.00. The van der Waals surface area contributed by atoms with Crippen LogP contribution in [0.25, 0.3) is 0 Å². The summed E-state index contributed by atoms with van der Waals surface area (Å²) in [6.07, 6.45) is 4.41. The highest BCUT2D eigenvalue weighted by atomic mass is 15.5. The molecule has 3 fully saturated rings. The Morgan fingerprint density at radius 2 is 1.86 bits per heavy atom. The number of hydrazine groups is 1. The van der Waals surface area contributed by atoms with Crippen molar-refractivity contribution in [2.75, 3.05) is 33.2 Å². The molecule has 0 bridgehead atoms. The summed E-state index contributed by atoms with van der Waals surface area (Å²) in [7, 11) is 2.21. The molecule has 0 aromatic rings. The Labute approximate surface area is 86.4 Å². The normalized spacial score (nSPS) is 43.9. The Morgan fingerprint density at radius 3 is 2.43 bits per heavy atom. The van der Waals surface area contributed by atoms with E-state index in [1.54, 1.807) is 0 Å². The molecule has 3 nitrogen and oxygen atoms in total. The molecule has 1 saturated heterocycles. The molecule has 2 aliphatic carbocycles. The fourth-order valence-corrected chi connectivity index (χ4v) is 3.03. The highest BCUT2D eigenvalue weighted by Crippen LogP contribution is 2.51. The second-order valence-electron chi connectivity index (χ2n) is 5.26. The zero-order valence-corrected chi connectivity index (χ0v) is 9.08. The van der Waals surface area contributed by atoms with E-state index in [0.717, 1.165) is 17.9 Å². The number of nitrogens with zero attached hydrogens (tertiary/aromatic N) is 2. The number of nitrogens with one attached hydrogen (secondary N) is 1. The lowest BCUT2D eigenvalue weighted by Gasteiger charge is -2.35. The molecule has 1 N–H and O–H groups in total. The number of hydrogen-bond donors (Lipinski definition) is 1. The van der Waals surface area contributed by atoms with Gasteiger partial charge in [0.1, 0.15) is 0 Å². The van der Waals surface area contributed by atoms with E-state index in [1.165, 1.54) is 45.4 Å². The minimum Gasteiger partial charge on any atom is -0.304 e. The molecule has 2 saturated carbocycles. The zero-order chi connectivity index (χ0) is 9.54. The van der Waals surface area contributed by atoms with Crippen LogP contribution < -0.4 is 5.43 Å². The maximum atomic E-state index is 3.74. The first-order valence-corrected chi connectivity index (χ1v) is 6.02. The lowest BCUT2D eigenvalue weighted by Crippen LogP contribution is -2.53. The Bertz CT molecular complexity index is 211. The van der Waals surface area contributed by atoms with Crippen LogP contribution >= 0.6 is 0 Å². The standard InChI is InChI=1S/C11H21N3/c1-13-4-6-14(7-5-13)12-11-3-2-9-8-10(9)11/h9-12H,2-8H2,1H3. The number of rotatable bonds is 2. The first-order valence-electron chi connectivity index (χ1n) is 6.02. The van der Waals surface area contributed by atoms with E-state index < -0.39 is 0 Å². The lowest BCUT2D eigenvalue weighted by atomic mass is 10.2. The maximum absolute atomic E-state index is 3.74. The monoisotopic (exact) mass is 195 g/mol. The minimum absolute atomic E-state index is 0.823. The number of likely N-dealkylation sites (N-methyl/N-ethyl adjacent to an activating group) is 1. The molecule has 80 valence electrons. The number of hydrogen-bond acceptors (Lipinski definition) is 3. The van der Waals surface area contributed by atoms with Crippen molar-refractivity contribution in [2.24, 2.45) is 11.8 Å². The van der Waals surface area contributed by atoms with Crippen molar-refractivity contribution < 1.29 is 0 Å². The Kier molecular flexibility index (Phi) is 2.26. The van der Waals surface area contributed by atoms with Gasteiger partial charge in [-0.25, -0.2) is 5.01 Å². The van der Waals surface area contributed by atoms with Gasteiger partial charge >= 0.3 is 0 Å². The summed E-state index contributed by atoms with van der Waals surface area (Å²) in [6.45, 7) is 4.83. The third kappa shape index (κ3) is 1.69. The van der Waals surface area contributed by atoms with Gasteiger partial charge in [-0.05, 0) is 38.1 Å². The van der Waals surface area contributed by atoms with Crippen LogP contribution in [0.4, 0.5) is 0 Å². The number of piperazine rings is 1. The first kappa shape index (κ1) is 9.13. The van der Waals surface area contributed by atoms with Crippen molar-refractivity contribution in [3.05, 3.63) is 0 Å². The van der Waals surface area contributed by atoms with Crippen LogP contribution in [0.5, 0.6) is 0 Å². The molecule has 14 heavy (non-hydrogen) atoms. The fourth-order valence-electron chi connectivity index (χ4n) is 3.03. The Balaban J connectivity index is 1.48. The van der Waals surface area contributed by atoms with E-state index in [2.05, 4.69) is 22.4 Å². The minimum atomic E-state index is 0.823. The van der Waals surface area contributed by atoms with E-state index in [4.69, 9.17) is 0 Å². The van der Waals surface area contributed by atoms with Crippen LogP contribution in [0.3, 0.4) is 0 Å². The Morgan fingerprint density at radius 1 is 1.07 bits per heavy atom. The molecule has 0 aromatic carbocycles. The van der Waals surface area contributed by atoms with Crippen LogP contribution in [0.2, 0.25) is 0 Å². The van der Waals surface area contributed by atoms with Gasteiger partial charge in [-0.2, -0.15) is 0 Å². The van der Waals surface area contributed by atoms with E-state index in [1.807, 2.05) is 0 Å². The van der Waals surface area contributed by atoms with Gasteiger partial charge < -0.3 is 4.90 Å². The largest absolute Gasteiger partial charge is 0.304 e. The second kappa shape index (κ2) is 3.47. The molecule has 1 aliphatic heterocycles. The molecular weight excluding hydrogens is 174 g/mol. The van der Waals surface area contributed by atoms with Crippen molar-refractivity contribution in [1.82, 2.24) is 15.3 Å². The quantitative estimate of drug-likeness (QED) is 0.694. The van der Waals surface area contributed by atoms with Gasteiger partial charge in [0.2, 0.25) is 0 Å². The van der Waals surface area contributed by atoms with E-state index in [-0.39, 0.29) is 0 Å². The Hall–Kier alpha value is -0.120. The van der Waals surface area contributed by atoms with Gasteiger partial charge in [0.25, 0.3) is 0 Å². The topological polar surface area (TPSA) is 18.5 Å². The van der Waals surface area contributed by atoms with Crippen LogP contribution in [-0.4, -0.2) is 49.2 Å². The third-order valence-electron chi connectivity index (χ3n) is 4.19. The van der Waals surface area contributed by atoms with Crippen molar-refractivity contribution >= 4 is 0 Å². The first-order chi connectivity index (χ1) is 6.83. The molecule has 1 heterocycles. The highest BCUT2D eigenvalue weighted by Gasteiger charge is 2.48. The average molecular weight is 195 g/mol. The molecule has 0 radical (unpaired) electrons. The average Bonchev–Trinajstić information content (AvgIpc) is 2.88. The SMILES string of the molecule is CN1CCN(NC2CCC3CC32)CC1. The highest BCUT2D eigenvalue weighted by molar-refractivity contribution is 5.00. The summed E-state index contributed by atoms with van der Waals surface area (Å²) < 4.78 is 0. The summed E-state index contributed by atoms with van der Waals surface area (Å²) in [5, 5.41) is 2.45. The van der Waals surface area contributed by atoms with Crippen molar-refractivity contribution in [2.45, 2.75) is 25.3 Å². The summed E-state index contributed by atoms with van der Waals surface area (Å²) in [6, 6.07) is 0.823. The molecule has 0 amide bonds. The number of fused-ring (bicyclic) bond motifs is 1. The van der Waals surface area contributed by atoms with Gasteiger partial charge in [-0.3, -0.25) is 5.43 Å². The zero-order valence-electron chi connectivity index (χ0n) is 9.08. The van der Waals surface area contributed by atoms with Crippen LogP contribution in [0.15, 0.2) is 0 Å². The molecule has 3 heteroatoms. The predicted molar refractivity (Wildman–Crippen MR) is 56.8 cm³/mol. The molecule has 0 spiro atoms. The molecule has 3 atom stereocenters. The van der Waals surface area contributed by atoms with Crippen LogP contribution in [-0.2, 0) is 0 Å². The van der Waals surface area contributed by atoms with Gasteiger partial charge in [0.05, 0.1) is 0 Å². The van der Waals surface area contributed by atoms with Crippen molar-refractivity contribution in [3.8, 4) is 0 Å². The van der Waals surface area contributed by atoms with Gasteiger partial charge in [-0.1, -0.05) is 0 Å². The van der Waals surface area contributed by atoms with Gasteiger partial charge in [0.15, 0.2) is 0 Å². The van der Waals surface area contributed by atoms with Crippen LogP contribution in [0.1, 0.15) is 19.3 Å². The van der Waals surface area contributed by atoms with Gasteiger partial charge in [0, 0.05) is 32.2 Å². The van der Waals surface area contributed by atoms with E-state index in [9.17, 15) is 0 Å². The molecule has 3 rings (SSSR count). The van der Waals surface area contributed by atoms with Crippen molar-refractivity contribution in [1.29, 1.82) is 0 Å². The maximum Gasteiger partial charge on any atom is 0.0259 e. The van der Waals surface area contributed by atoms with Gasteiger partial charge in [-0.15, -0.1) is 0 Å². The second-order valence-corrected chi connectivity index (χ2v) is 5.26. The summed E-state index contributed by atoms with van der Waals surface area (Å²) in [5.41, 5.74) is 3.74. The molecule has 3 aliphatic rings. The van der Waals surface area contributed by atoms with E-state index >= 15 is 0 Å². The summed E-state index contributed by atoms with van der Waals surface area (Å²) in [5.74, 6) is 2.13. The third-order valence-corrected chi connectivity index (χ3v) is 4.19. The molecule has 3 unspecified atom stereocenters. The summed E-state index contributed by atoms with van der Waals surface area (Å²) in [4.78, 5) is 2.41. The van der Waals surface area contributed by atoms with E-state index in [0.29, 0.717) is 0 Å².